The summed E-state index contributed by atoms with van der Waals surface area (Å²) in [6.45, 7) is 3.10. The molecule has 1 aliphatic heterocycles. The Kier molecular flexibility index (Phi) is 4.54. The molecular weight excluding hydrogens is 290 g/mol. The van der Waals surface area contributed by atoms with Crippen molar-refractivity contribution in [2.75, 3.05) is 19.8 Å². The second-order valence-electron chi connectivity index (χ2n) is 6.41. The van der Waals surface area contributed by atoms with Gasteiger partial charge in [-0.25, -0.2) is 0 Å². The highest BCUT2D eigenvalue weighted by Crippen LogP contribution is 2.48. The lowest BCUT2D eigenvalue weighted by Crippen LogP contribution is -2.41. The van der Waals surface area contributed by atoms with Crippen LogP contribution in [-0.2, 0) is 18.3 Å². The molecule has 0 radical (unpaired) electrons. The van der Waals surface area contributed by atoms with Gasteiger partial charge in [-0.2, -0.15) is 5.10 Å². The number of aliphatic hydroxyl groups excluding tert-OH is 1. The van der Waals surface area contributed by atoms with E-state index >= 15 is 0 Å². The van der Waals surface area contributed by atoms with Crippen LogP contribution in [0.2, 0.25) is 5.02 Å². The zero-order chi connectivity index (χ0) is 14.9. The number of nitrogens with zero attached hydrogens (tertiary/aromatic N) is 2. The lowest BCUT2D eigenvalue weighted by molar-refractivity contribution is -0.0557. The Balaban J connectivity index is 1.52. The van der Waals surface area contributed by atoms with Crippen LogP contribution in [0.5, 0.6) is 0 Å². The fraction of sp³-hybridized carbons (Fsp3) is 0.800. The van der Waals surface area contributed by atoms with Crippen molar-refractivity contribution in [2.45, 2.75) is 38.3 Å². The summed E-state index contributed by atoms with van der Waals surface area (Å²) in [6.07, 6.45) is 5.66. The van der Waals surface area contributed by atoms with Crippen LogP contribution in [0, 0.1) is 11.3 Å². The van der Waals surface area contributed by atoms with E-state index in [1.54, 1.807) is 10.9 Å². The van der Waals surface area contributed by atoms with Gasteiger partial charge < -0.3 is 15.2 Å². The van der Waals surface area contributed by atoms with Crippen LogP contribution in [0.25, 0.3) is 0 Å². The van der Waals surface area contributed by atoms with Gasteiger partial charge in [0.25, 0.3) is 0 Å². The quantitative estimate of drug-likeness (QED) is 0.889. The average Bonchev–Trinajstić information content (AvgIpc) is 2.96. The Labute approximate surface area is 130 Å². The van der Waals surface area contributed by atoms with Crippen molar-refractivity contribution in [3.63, 3.8) is 0 Å². The summed E-state index contributed by atoms with van der Waals surface area (Å²) in [5.74, 6) is 0.329. The predicted molar refractivity (Wildman–Crippen MR) is 81.1 cm³/mol. The number of hydrogen-bond acceptors (Lipinski definition) is 4. The standard InChI is InChI=1S/C15H24ClN3O2/c1-19-13(12(16)9-18-19)10-17-8-11-2-3-15(14(11)20)4-6-21-7-5-15/h9,11,14,17,20H,2-8,10H2,1H3. The second kappa shape index (κ2) is 6.24. The molecule has 1 aromatic heterocycles. The largest absolute Gasteiger partial charge is 0.392 e. The monoisotopic (exact) mass is 313 g/mol. The third-order valence-electron chi connectivity index (χ3n) is 5.29. The molecule has 0 bridgehead atoms. The number of hydrogen-bond donors (Lipinski definition) is 2. The van der Waals surface area contributed by atoms with Crippen LogP contribution >= 0.6 is 11.6 Å². The maximum absolute atomic E-state index is 10.7. The minimum absolute atomic E-state index is 0.106. The average molecular weight is 314 g/mol. The minimum Gasteiger partial charge on any atom is -0.392 e. The van der Waals surface area contributed by atoms with Gasteiger partial charge in [0.05, 0.1) is 23.0 Å². The predicted octanol–water partition coefficient (Wildman–Crippen LogP) is 1.73. The van der Waals surface area contributed by atoms with Crippen LogP contribution in [0.3, 0.4) is 0 Å². The Hall–Kier alpha value is -0.620. The van der Waals surface area contributed by atoms with Gasteiger partial charge in [-0.15, -0.1) is 0 Å². The zero-order valence-electron chi connectivity index (χ0n) is 12.5. The van der Waals surface area contributed by atoms with E-state index in [2.05, 4.69) is 10.4 Å². The van der Waals surface area contributed by atoms with Gasteiger partial charge in [-0.1, -0.05) is 11.6 Å². The molecule has 2 atom stereocenters. The summed E-state index contributed by atoms with van der Waals surface area (Å²) in [6, 6.07) is 0. The first-order valence-electron chi connectivity index (χ1n) is 7.75. The van der Waals surface area contributed by atoms with Gasteiger partial charge in [0.2, 0.25) is 0 Å². The topological polar surface area (TPSA) is 59.3 Å². The van der Waals surface area contributed by atoms with Gasteiger partial charge in [0, 0.05) is 38.8 Å². The summed E-state index contributed by atoms with van der Waals surface area (Å²) < 4.78 is 7.24. The molecular formula is C15H24ClN3O2. The molecule has 3 rings (SSSR count). The molecule has 1 spiro atoms. The smallest absolute Gasteiger partial charge is 0.0831 e. The molecule has 0 amide bonds. The fourth-order valence-corrected chi connectivity index (χ4v) is 4.06. The number of nitrogens with one attached hydrogen (secondary N) is 1. The lowest BCUT2D eigenvalue weighted by Gasteiger charge is -2.37. The van der Waals surface area contributed by atoms with Gasteiger partial charge in [-0.3, -0.25) is 4.68 Å². The van der Waals surface area contributed by atoms with E-state index < -0.39 is 0 Å². The Morgan fingerprint density at radius 3 is 2.90 bits per heavy atom. The van der Waals surface area contributed by atoms with Crippen molar-refractivity contribution in [1.82, 2.24) is 15.1 Å². The van der Waals surface area contributed by atoms with Crippen LogP contribution in [0.1, 0.15) is 31.4 Å². The Bertz CT molecular complexity index is 466. The molecule has 2 aliphatic rings. The Morgan fingerprint density at radius 2 is 2.24 bits per heavy atom. The molecule has 118 valence electrons. The van der Waals surface area contributed by atoms with Crippen LogP contribution in [0.15, 0.2) is 6.20 Å². The summed E-state index contributed by atoms with van der Waals surface area (Å²) in [5.41, 5.74) is 1.10. The van der Waals surface area contributed by atoms with Gasteiger partial charge in [0.15, 0.2) is 0 Å². The molecule has 21 heavy (non-hydrogen) atoms. The van der Waals surface area contributed by atoms with E-state index in [4.69, 9.17) is 16.3 Å². The molecule has 0 aromatic carbocycles. The molecule has 2 heterocycles. The van der Waals surface area contributed by atoms with Crippen LogP contribution in [-0.4, -0.2) is 40.7 Å². The summed E-state index contributed by atoms with van der Waals surface area (Å²) >= 11 is 6.10. The number of halogens is 1. The number of aliphatic hydroxyl groups is 1. The third kappa shape index (κ3) is 2.97. The minimum atomic E-state index is -0.212. The molecule has 1 aromatic rings. The number of ether oxygens (including phenoxy) is 1. The summed E-state index contributed by atoms with van der Waals surface area (Å²) in [7, 11) is 1.89. The number of rotatable bonds is 4. The normalized spacial score (nSPS) is 28.3. The van der Waals surface area contributed by atoms with Crippen LogP contribution < -0.4 is 5.32 Å². The van der Waals surface area contributed by atoms with Crippen LogP contribution in [0.4, 0.5) is 0 Å². The molecule has 2 N–H and O–H groups in total. The first-order valence-corrected chi connectivity index (χ1v) is 8.13. The molecule has 1 saturated heterocycles. The molecule has 1 saturated carbocycles. The van der Waals surface area contributed by atoms with E-state index in [1.807, 2.05) is 7.05 Å². The van der Waals surface area contributed by atoms with Crippen molar-refractivity contribution in [1.29, 1.82) is 0 Å². The number of aryl methyl sites for hydroxylation is 1. The zero-order valence-corrected chi connectivity index (χ0v) is 13.3. The Morgan fingerprint density at radius 1 is 1.48 bits per heavy atom. The van der Waals surface area contributed by atoms with Crippen molar-refractivity contribution >= 4 is 11.6 Å². The maximum Gasteiger partial charge on any atom is 0.0831 e. The molecule has 1 aliphatic carbocycles. The van der Waals surface area contributed by atoms with Gasteiger partial charge in [0.1, 0.15) is 0 Å². The second-order valence-corrected chi connectivity index (χ2v) is 6.82. The maximum atomic E-state index is 10.7. The van der Waals surface area contributed by atoms with Crippen molar-refractivity contribution in [3.05, 3.63) is 16.9 Å². The van der Waals surface area contributed by atoms with Gasteiger partial charge in [-0.05, 0) is 31.6 Å². The summed E-state index contributed by atoms with van der Waals surface area (Å²) in [4.78, 5) is 0. The van der Waals surface area contributed by atoms with Crippen molar-refractivity contribution < 1.29 is 9.84 Å². The molecule has 6 heteroatoms. The molecule has 2 unspecified atom stereocenters. The SMILES string of the molecule is Cn1ncc(Cl)c1CNCC1CCC2(CCOCC2)C1O. The first kappa shape index (κ1) is 15.3. The fourth-order valence-electron chi connectivity index (χ4n) is 3.83. The van der Waals surface area contributed by atoms with Crippen molar-refractivity contribution in [3.8, 4) is 0 Å². The van der Waals surface area contributed by atoms with E-state index in [1.165, 1.54) is 0 Å². The highest BCUT2D eigenvalue weighted by atomic mass is 35.5. The van der Waals surface area contributed by atoms with E-state index in [-0.39, 0.29) is 11.5 Å². The van der Waals surface area contributed by atoms with E-state index in [9.17, 15) is 5.11 Å². The number of aromatic nitrogens is 2. The lowest BCUT2D eigenvalue weighted by atomic mass is 9.76. The molecule has 2 fully saturated rings. The third-order valence-corrected chi connectivity index (χ3v) is 5.60. The van der Waals surface area contributed by atoms with Crippen molar-refractivity contribution in [2.24, 2.45) is 18.4 Å². The highest BCUT2D eigenvalue weighted by molar-refractivity contribution is 6.31. The highest BCUT2D eigenvalue weighted by Gasteiger charge is 2.47. The first-order chi connectivity index (χ1) is 10.1. The van der Waals surface area contributed by atoms with E-state index in [0.29, 0.717) is 17.5 Å². The van der Waals surface area contributed by atoms with E-state index in [0.717, 1.165) is 51.1 Å². The molecule has 5 nitrogen and oxygen atoms in total. The van der Waals surface area contributed by atoms with Gasteiger partial charge >= 0.3 is 0 Å². The summed E-state index contributed by atoms with van der Waals surface area (Å²) in [5, 5.41) is 18.9.